The second-order valence-corrected chi connectivity index (χ2v) is 6.86. The molecule has 0 aromatic carbocycles. The Morgan fingerprint density at radius 3 is 2.60 bits per heavy atom. The van der Waals surface area contributed by atoms with E-state index in [2.05, 4.69) is 0 Å². The summed E-state index contributed by atoms with van der Waals surface area (Å²) >= 11 is 0. The molecule has 0 saturated carbocycles. The van der Waals surface area contributed by atoms with Crippen molar-refractivity contribution < 1.29 is 18.3 Å². The van der Waals surface area contributed by atoms with Crippen LogP contribution in [0.25, 0.3) is 0 Å². The predicted octanol–water partition coefficient (Wildman–Crippen LogP) is 0.209. The Kier molecular flexibility index (Phi) is 3.33. The zero-order valence-electron chi connectivity index (χ0n) is 8.76. The Morgan fingerprint density at radius 2 is 2.07 bits per heavy atom. The molecule has 2 saturated heterocycles. The van der Waals surface area contributed by atoms with E-state index in [1.807, 2.05) is 0 Å². The minimum Gasteiger partial charge on any atom is -0.392 e. The van der Waals surface area contributed by atoms with Crippen molar-refractivity contribution in [1.82, 2.24) is 0 Å². The van der Waals surface area contributed by atoms with Crippen LogP contribution in [0.15, 0.2) is 0 Å². The average Bonchev–Trinajstić information content (AvgIpc) is 2.59. The van der Waals surface area contributed by atoms with Gasteiger partial charge in [-0.25, -0.2) is 8.42 Å². The Morgan fingerprint density at radius 1 is 1.27 bits per heavy atom. The summed E-state index contributed by atoms with van der Waals surface area (Å²) in [5.41, 5.74) is 0. The zero-order valence-corrected chi connectivity index (χ0v) is 9.58. The normalized spacial score (nSPS) is 37.7. The summed E-state index contributed by atoms with van der Waals surface area (Å²) in [5, 5.41) is 10.1. The SMILES string of the molecule is O=S1(=O)CCC(C(O)C2CCCOC2)C1. The van der Waals surface area contributed by atoms with Gasteiger partial charge in [-0.3, -0.25) is 0 Å². The topological polar surface area (TPSA) is 63.6 Å². The van der Waals surface area contributed by atoms with Gasteiger partial charge in [0.15, 0.2) is 9.84 Å². The van der Waals surface area contributed by atoms with Crippen molar-refractivity contribution >= 4 is 9.84 Å². The van der Waals surface area contributed by atoms with Gasteiger partial charge in [0.2, 0.25) is 0 Å². The Bertz CT molecular complexity index is 305. The fourth-order valence-corrected chi connectivity index (χ4v) is 4.36. The van der Waals surface area contributed by atoms with Gasteiger partial charge in [-0.15, -0.1) is 0 Å². The van der Waals surface area contributed by atoms with Crippen LogP contribution >= 0.6 is 0 Å². The predicted molar refractivity (Wildman–Crippen MR) is 56.3 cm³/mol. The van der Waals surface area contributed by atoms with Crippen molar-refractivity contribution in [1.29, 1.82) is 0 Å². The minimum absolute atomic E-state index is 0.0679. The second-order valence-electron chi connectivity index (χ2n) is 4.63. The number of hydrogen-bond donors (Lipinski definition) is 1. The van der Waals surface area contributed by atoms with E-state index in [9.17, 15) is 13.5 Å². The number of aliphatic hydroxyl groups is 1. The highest BCUT2D eigenvalue weighted by molar-refractivity contribution is 7.91. The molecule has 2 aliphatic heterocycles. The van der Waals surface area contributed by atoms with Gasteiger partial charge >= 0.3 is 0 Å². The van der Waals surface area contributed by atoms with Crippen LogP contribution in [0.1, 0.15) is 19.3 Å². The molecule has 5 heteroatoms. The summed E-state index contributed by atoms with van der Waals surface area (Å²) in [6.45, 7) is 1.35. The number of ether oxygens (including phenoxy) is 1. The van der Waals surface area contributed by atoms with Crippen molar-refractivity contribution in [3.63, 3.8) is 0 Å². The van der Waals surface area contributed by atoms with Crippen molar-refractivity contribution in [2.45, 2.75) is 25.4 Å². The highest BCUT2D eigenvalue weighted by atomic mass is 32.2. The molecule has 1 N–H and O–H groups in total. The van der Waals surface area contributed by atoms with Gasteiger partial charge in [-0.05, 0) is 19.3 Å². The van der Waals surface area contributed by atoms with Crippen LogP contribution < -0.4 is 0 Å². The van der Waals surface area contributed by atoms with E-state index in [0.717, 1.165) is 19.4 Å². The quantitative estimate of drug-likeness (QED) is 0.742. The molecule has 2 aliphatic rings. The first-order valence-corrected chi connectivity index (χ1v) is 7.37. The zero-order chi connectivity index (χ0) is 10.9. The van der Waals surface area contributed by atoms with Crippen LogP contribution in [0.2, 0.25) is 0 Å². The molecule has 2 heterocycles. The van der Waals surface area contributed by atoms with Gasteiger partial charge in [0.05, 0.1) is 24.2 Å². The van der Waals surface area contributed by atoms with Crippen molar-refractivity contribution in [3.8, 4) is 0 Å². The smallest absolute Gasteiger partial charge is 0.150 e. The summed E-state index contributed by atoms with van der Waals surface area (Å²) in [5.74, 6) is 0.464. The number of hydrogen-bond acceptors (Lipinski definition) is 4. The lowest BCUT2D eigenvalue weighted by molar-refractivity contribution is -0.0284. The molecule has 2 fully saturated rings. The van der Waals surface area contributed by atoms with Crippen molar-refractivity contribution in [3.05, 3.63) is 0 Å². The molecule has 3 atom stereocenters. The molecule has 0 aliphatic carbocycles. The van der Waals surface area contributed by atoms with Crippen LogP contribution in [0.3, 0.4) is 0 Å². The number of rotatable bonds is 2. The van der Waals surface area contributed by atoms with Crippen LogP contribution in [0.5, 0.6) is 0 Å². The fraction of sp³-hybridized carbons (Fsp3) is 1.00. The molecule has 0 aromatic heterocycles. The largest absolute Gasteiger partial charge is 0.392 e. The number of sulfone groups is 1. The van der Waals surface area contributed by atoms with Gasteiger partial charge in [0.1, 0.15) is 0 Å². The molecule has 2 rings (SSSR count). The minimum atomic E-state index is -2.88. The highest BCUT2D eigenvalue weighted by Gasteiger charge is 2.36. The lowest BCUT2D eigenvalue weighted by atomic mass is 9.87. The monoisotopic (exact) mass is 234 g/mol. The summed E-state index contributed by atoms with van der Waals surface area (Å²) in [7, 11) is -2.88. The summed E-state index contributed by atoms with van der Waals surface area (Å²) < 4.78 is 27.9. The Hall–Kier alpha value is -0.130. The van der Waals surface area contributed by atoms with E-state index < -0.39 is 15.9 Å². The Balaban J connectivity index is 1.93. The number of aliphatic hydroxyl groups excluding tert-OH is 1. The first-order valence-electron chi connectivity index (χ1n) is 5.55. The average molecular weight is 234 g/mol. The third-order valence-electron chi connectivity index (χ3n) is 3.43. The van der Waals surface area contributed by atoms with E-state index in [0.29, 0.717) is 13.0 Å². The molecule has 3 unspecified atom stereocenters. The second kappa shape index (κ2) is 4.39. The van der Waals surface area contributed by atoms with Gasteiger partial charge in [-0.2, -0.15) is 0 Å². The molecule has 0 radical (unpaired) electrons. The van der Waals surface area contributed by atoms with E-state index >= 15 is 0 Å². The van der Waals surface area contributed by atoms with Crippen LogP contribution in [0.4, 0.5) is 0 Å². The van der Waals surface area contributed by atoms with Crippen molar-refractivity contribution in [2.24, 2.45) is 11.8 Å². The van der Waals surface area contributed by atoms with Crippen LogP contribution in [-0.2, 0) is 14.6 Å². The third-order valence-corrected chi connectivity index (χ3v) is 5.22. The van der Waals surface area contributed by atoms with E-state index in [1.54, 1.807) is 0 Å². The van der Waals surface area contributed by atoms with Crippen LogP contribution in [-0.4, -0.2) is 44.3 Å². The summed E-state index contributed by atoms with van der Waals surface area (Å²) in [6.07, 6.45) is 2.04. The third kappa shape index (κ3) is 2.71. The van der Waals surface area contributed by atoms with Gasteiger partial charge in [0, 0.05) is 18.4 Å². The molecule has 0 bridgehead atoms. The Labute approximate surface area is 90.5 Å². The molecular weight excluding hydrogens is 216 g/mol. The van der Waals surface area contributed by atoms with Crippen LogP contribution in [0, 0.1) is 11.8 Å². The highest BCUT2D eigenvalue weighted by Crippen LogP contribution is 2.29. The van der Waals surface area contributed by atoms with Crippen molar-refractivity contribution in [2.75, 3.05) is 24.7 Å². The molecule has 15 heavy (non-hydrogen) atoms. The maximum atomic E-state index is 11.3. The van der Waals surface area contributed by atoms with Gasteiger partial charge < -0.3 is 9.84 Å². The van der Waals surface area contributed by atoms with E-state index in [4.69, 9.17) is 4.74 Å². The summed E-state index contributed by atoms with van der Waals surface area (Å²) in [6, 6.07) is 0. The first-order chi connectivity index (χ1) is 7.08. The molecular formula is C10H18O4S. The fourth-order valence-electron chi connectivity index (χ4n) is 2.51. The molecule has 0 amide bonds. The molecule has 4 nitrogen and oxygen atoms in total. The first kappa shape index (κ1) is 11.4. The summed E-state index contributed by atoms with van der Waals surface area (Å²) in [4.78, 5) is 0. The molecule has 0 aromatic rings. The maximum absolute atomic E-state index is 11.3. The lowest BCUT2D eigenvalue weighted by Gasteiger charge is -2.29. The standard InChI is InChI=1S/C10H18O4S/c11-10(8-2-1-4-14-6-8)9-3-5-15(12,13)7-9/h8-11H,1-7H2. The maximum Gasteiger partial charge on any atom is 0.150 e. The van der Waals surface area contributed by atoms with Gasteiger partial charge in [0.25, 0.3) is 0 Å². The lowest BCUT2D eigenvalue weighted by Crippen LogP contribution is -2.35. The van der Waals surface area contributed by atoms with E-state index in [1.165, 1.54) is 0 Å². The molecule has 88 valence electrons. The van der Waals surface area contributed by atoms with Gasteiger partial charge in [-0.1, -0.05) is 0 Å². The molecule has 0 spiro atoms. The van der Waals surface area contributed by atoms with E-state index in [-0.39, 0.29) is 23.3 Å².